The zero-order valence-electron chi connectivity index (χ0n) is 12.4. The number of rotatable bonds is 1. The van der Waals surface area contributed by atoms with Crippen LogP contribution in [-0.2, 0) is 0 Å². The SMILES string of the molecule is O=C(O)NC12CC3CC(CC(C#Cc4cnccn4)(C3)C1)C2. The molecule has 1 heterocycles. The van der Waals surface area contributed by atoms with Crippen molar-refractivity contribution in [3.63, 3.8) is 0 Å². The minimum absolute atomic E-state index is 0.0515. The fraction of sp³-hybridized carbons (Fsp3) is 0.588. The average Bonchev–Trinajstić information content (AvgIpc) is 2.43. The summed E-state index contributed by atoms with van der Waals surface area (Å²) in [6.45, 7) is 0. The molecule has 4 fully saturated rings. The molecule has 2 unspecified atom stereocenters. The maximum atomic E-state index is 11.2. The number of amides is 1. The Morgan fingerprint density at radius 2 is 2.05 bits per heavy atom. The van der Waals surface area contributed by atoms with Gasteiger partial charge in [-0.25, -0.2) is 9.78 Å². The van der Waals surface area contributed by atoms with Gasteiger partial charge in [-0.3, -0.25) is 4.98 Å². The van der Waals surface area contributed by atoms with E-state index in [2.05, 4.69) is 27.1 Å². The molecule has 0 spiro atoms. The van der Waals surface area contributed by atoms with Crippen molar-refractivity contribution >= 4 is 6.09 Å². The predicted octanol–water partition coefficient (Wildman–Crippen LogP) is 2.43. The fourth-order valence-corrected chi connectivity index (χ4v) is 5.34. The van der Waals surface area contributed by atoms with Gasteiger partial charge in [0.05, 0.1) is 6.20 Å². The number of carbonyl (C=O) groups is 1. The number of nitrogens with one attached hydrogen (secondary N) is 1. The Kier molecular flexibility index (Phi) is 2.90. The smallest absolute Gasteiger partial charge is 0.405 e. The molecule has 0 saturated heterocycles. The van der Waals surface area contributed by atoms with Crippen LogP contribution in [0.1, 0.15) is 44.2 Å². The Morgan fingerprint density at radius 1 is 1.27 bits per heavy atom. The average molecular weight is 297 g/mol. The van der Waals surface area contributed by atoms with Crippen molar-refractivity contribution in [3.05, 3.63) is 24.3 Å². The molecule has 5 nitrogen and oxygen atoms in total. The molecule has 2 N–H and O–H groups in total. The van der Waals surface area contributed by atoms with Gasteiger partial charge in [0.25, 0.3) is 0 Å². The Hall–Kier alpha value is -2.09. The van der Waals surface area contributed by atoms with Gasteiger partial charge in [0.2, 0.25) is 0 Å². The molecule has 1 aromatic rings. The van der Waals surface area contributed by atoms with E-state index >= 15 is 0 Å². The van der Waals surface area contributed by atoms with Crippen molar-refractivity contribution in [1.29, 1.82) is 0 Å². The summed E-state index contributed by atoms with van der Waals surface area (Å²) in [4.78, 5) is 19.5. The molecule has 4 aliphatic carbocycles. The lowest BCUT2D eigenvalue weighted by atomic mass is 9.47. The molecular formula is C17H19N3O2. The van der Waals surface area contributed by atoms with Gasteiger partial charge in [-0.15, -0.1) is 0 Å². The fourth-order valence-electron chi connectivity index (χ4n) is 5.34. The molecule has 4 saturated carbocycles. The third kappa shape index (κ3) is 2.33. The summed E-state index contributed by atoms with van der Waals surface area (Å²) in [5.74, 6) is 7.83. The summed E-state index contributed by atoms with van der Waals surface area (Å²) in [5.41, 5.74) is 0.385. The maximum Gasteiger partial charge on any atom is 0.405 e. The number of carboxylic acid groups (broad SMARTS) is 1. The first-order chi connectivity index (χ1) is 10.6. The van der Waals surface area contributed by atoms with Crippen LogP contribution < -0.4 is 5.32 Å². The Bertz CT molecular complexity index is 647. The van der Waals surface area contributed by atoms with E-state index in [0.717, 1.165) is 32.1 Å². The van der Waals surface area contributed by atoms with Gasteiger partial charge in [-0.2, -0.15) is 0 Å². The van der Waals surface area contributed by atoms with E-state index in [1.54, 1.807) is 18.6 Å². The van der Waals surface area contributed by atoms with Crippen LogP contribution in [0.25, 0.3) is 0 Å². The van der Waals surface area contributed by atoms with E-state index in [1.807, 2.05) is 0 Å². The topological polar surface area (TPSA) is 75.1 Å². The van der Waals surface area contributed by atoms with E-state index in [4.69, 9.17) is 0 Å². The molecule has 5 heteroatoms. The lowest BCUT2D eigenvalue weighted by Crippen LogP contribution is -2.62. The summed E-state index contributed by atoms with van der Waals surface area (Å²) in [7, 11) is 0. The van der Waals surface area contributed by atoms with Crippen molar-refractivity contribution in [2.45, 2.75) is 44.1 Å². The molecule has 4 bridgehead atoms. The lowest BCUT2D eigenvalue weighted by Gasteiger charge is -2.60. The van der Waals surface area contributed by atoms with Gasteiger partial charge in [0, 0.05) is 23.3 Å². The zero-order chi connectivity index (χ0) is 15.2. The summed E-state index contributed by atoms with van der Waals surface area (Å²) >= 11 is 0. The maximum absolute atomic E-state index is 11.2. The van der Waals surface area contributed by atoms with E-state index in [1.165, 1.54) is 6.42 Å². The van der Waals surface area contributed by atoms with Gasteiger partial charge in [-0.1, -0.05) is 5.92 Å². The van der Waals surface area contributed by atoms with Gasteiger partial charge < -0.3 is 10.4 Å². The molecule has 0 aliphatic heterocycles. The number of aromatic nitrogens is 2. The largest absolute Gasteiger partial charge is 0.465 e. The molecule has 22 heavy (non-hydrogen) atoms. The van der Waals surface area contributed by atoms with Crippen molar-refractivity contribution in [1.82, 2.24) is 15.3 Å². The first kappa shape index (κ1) is 13.6. The van der Waals surface area contributed by atoms with Crippen molar-refractivity contribution in [3.8, 4) is 11.8 Å². The highest BCUT2D eigenvalue weighted by molar-refractivity contribution is 5.66. The third-order valence-electron chi connectivity index (χ3n) is 5.45. The second kappa shape index (κ2) is 4.70. The summed E-state index contributed by atoms with van der Waals surface area (Å²) in [5, 5.41) is 12.0. The van der Waals surface area contributed by atoms with Crippen LogP contribution in [0, 0.1) is 29.1 Å². The van der Waals surface area contributed by atoms with Crippen LogP contribution in [0.2, 0.25) is 0 Å². The number of nitrogens with zero attached hydrogens (tertiary/aromatic N) is 2. The van der Waals surface area contributed by atoms with Crippen LogP contribution in [-0.4, -0.2) is 26.7 Å². The van der Waals surface area contributed by atoms with Crippen molar-refractivity contribution in [2.24, 2.45) is 17.3 Å². The number of hydrogen-bond donors (Lipinski definition) is 2. The monoisotopic (exact) mass is 297 g/mol. The molecule has 1 aromatic heterocycles. The normalized spacial score (nSPS) is 38.2. The quantitative estimate of drug-likeness (QED) is 0.781. The van der Waals surface area contributed by atoms with E-state index in [0.29, 0.717) is 17.5 Å². The Morgan fingerprint density at radius 3 is 2.68 bits per heavy atom. The first-order valence-electron chi connectivity index (χ1n) is 7.87. The molecule has 1 amide bonds. The zero-order valence-corrected chi connectivity index (χ0v) is 12.4. The van der Waals surface area contributed by atoms with Gasteiger partial charge in [0.1, 0.15) is 5.69 Å². The molecule has 0 radical (unpaired) electrons. The summed E-state index contributed by atoms with van der Waals surface area (Å²) in [6, 6.07) is 0. The summed E-state index contributed by atoms with van der Waals surface area (Å²) in [6.07, 6.45) is 10.3. The van der Waals surface area contributed by atoms with Crippen molar-refractivity contribution in [2.75, 3.05) is 0 Å². The van der Waals surface area contributed by atoms with Gasteiger partial charge >= 0.3 is 6.09 Å². The molecule has 0 aromatic carbocycles. The minimum atomic E-state index is -0.904. The van der Waals surface area contributed by atoms with Crippen LogP contribution in [0.15, 0.2) is 18.6 Å². The highest BCUT2D eigenvalue weighted by Gasteiger charge is 2.57. The Balaban J connectivity index is 1.65. The Labute approximate surface area is 129 Å². The minimum Gasteiger partial charge on any atom is -0.465 e. The molecular weight excluding hydrogens is 278 g/mol. The van der Waals surface area contributed by atoms with Crippen LogP contribution in [0.4, 0.5) is 4.79 Å². The standard InChI is InChI=1S/C17H19N3O2/c21-15(22)20-17-8-12-5-13(9-17)7-16(6-12,11-17)2-1-14-10-18-3-4-19-14/h3-4,10,12-13,20H,5-9,11H2,(H,21,22). The third-order valence-corrected chi connectivity index (χ3v) is 5.45. The van der Waals surface area contributed by atoms with E-state index in [9.17, 15) is 9.90 Å². The van der Waals surface area contributed by atoms with Crippen LogP contribution in [0.3, 0.4) is 0 Å². The predicted molar refractivity (Wildman–Crippen MR) is 79.9 cm³/mol. The second-order valence-electron chi connectivity index (χ2n) is 7.29. The summed E-state index contributed by atoms with van der Waals surface area (Å²) < 4.78 is 0. The molecule has 4 aliphatic rings. The highest BCUT2D eigenvalue weighted by atomic mass is 16.4. The molecule has 2 atom stereocenters. The molecule has 5 rings (SSSR count). The second-order valence-corrected chi connectivity index (χ2v) is 7.29. The first-order valence-corrected chi connectivity index (χ1v) is 7.87. The van der Waals surface area contributed by atoms with E-state index < -0.39 is 6.09 Å². The van der Waals surface area contributed by atoms with Crippen LogP contribution >= 0.6 is 0 Å². The van der Waals surface area contributed by atoms with Gasteiger partial charge in [-0.05, 0) is 56.3 Å². The molecule has 114 valence electrons. The number of hydrogen-bond acceptors (Lipinski definition) is 3. The van der Waals surface area contributed by atoms with E-state index in [-0.39, 0.29) is 11.0 Å². The highest BCUT2D eigenvalue weighted by Crippen LogP contribution is 2.61. The lowest BCUT2D eigenvalue weighted by molar-refractivity contribution is -0.0489. The van der Waals surface area contributed by atoms with Crippen molar-refractivity contribution < 1.29 is 9.90 Å². The van der Waals surface area contributed by atoms with Gasteiger partial charge in [0.15, 0.2) is 0 Å². The van der Waals surface area contributed by atoms with Crippen LogP contribution in [0.5, 0.6) is 0 Å².